The first-order valence-corrected chi connectivity index (χ1v) is 14.5. The number of hydrogen-bond acceptors (Lipinski definition) is 4. The van der Waals surface area contributed by atoms with E-state index >= 15 is 0 Å². The lowest BCUT2D eigenvalue weighted by Gasteiger charge is -2.61. The normalized spacial score (nSPS) is 41.9. The number of rotatable bonds is 8. The van der Waals surface area contributed by atoms with Gasteiger partial charge in [-0.15, -0.1) is 0 Å². The summed E-state index contributed by atoms with van der Waals surface area (Å²) in [5.41, 5.74) is 0.236. The molecule has 0 aromatic heterocycles. The molecule has 2 N–H and O–H groups in total. The third kappa shape index (κ3) is 5.45. The van der Waals surface area contributed by atoms with E-state index in [1.807, 2.05) is 13.8 Å². The molecule has 35 heavy (non-hydrogen) atoms. The Morgan fingerprint density at radius 2 is 1.69 bits per heavy atom. The first-order valence-electron chi connectivity index (χ1n) is 14.5. The second-order valence-corrected chi connectivity index (χ2v) is 14.0. The van der Waals surface area contributed by atoms with Crippen molar-refractivity contribution >= 4 is 11.9 Å². The second kappa shape index (κ2) is 9.99. The number of hydrogen-bond donors (Lipinski definition) is 2. The Balaban J connectivity index is 1.38. The van der Waals surface area contributed by atoms with E-state index in [9.17, 15) is 14.7 Å². The van der Waals surface area contributed by atoms with Gasteiger partial charge in [0.25, 0.3) is 0 Å². The van der Waals surface area contributed by atoms with Gasteiger partial charge in [0, 0.05) is 0 Å². The Labute approximate surface area is 212 Å². The fraction of sp³-hybridized carbons (Fsp3) is 0.933. The summed E-state index contributed by atoms with van der Waals surface area (Å²) in [6, 6.07) is 0. The monoisotopic (exact) mass is 490 g/mol. The summed E-state index contributed by atoms with van der Waals surface area (Å²) in [5.74, 6) is 2.88. The zero-order valence-corrected chi connectivity index (χ0v) is 22.9. The van der Waals surface area contributed by atoms with E-state index in [1.54, 1.807) is 0 Å². The van der Waals surface area contributed by atoms with Gasteiger partial charge in [0.15, 0.2) is 0 Å². The molecule has 5 nitrogen and oxygen atoms in total. The summed E-state index contributed by atoms with van der Waals surface area (Å²) in [6.07, 6.45) is 13.5. The van der Waals surface area contributed by atoms with Crippen LogP contribution in [-0.2, 0) is 14.3 Å². The number of carbonyl (C=O) groups is 2. The van der Waals surface area contributed by atoms with Gasteiger partial charge in [0.05, 0.1) is 5.60 Å². The lowest BCUT2D eigenvalue weighted by Crippen LogP contribution is -2.54. The molecule has 200 valence electrons. The lowest BCUT2D eigenvalue weighted by atomic mass is 9.44. The standard InChI is InChI=1S/C30H50O5/c1-19(7-6-14-28(2,3)34)23-10-11-24-22-9-8-20-17-21(35-27(33)18-26(31)32)12-15-29(20,4)25(22)13-16-30(23,24)5/h19-25,34H,6-18H2,1-5H3,(H,31,32)/t19-,20+,21+,22+,23-,24+,25+,29+,30-/m1/s1. The average Bonchev–Trinajstić information content (AvgIpc) is 3.09. The van der Waals surface area contributed by atoms with Crippen LogP contribution in [0.1, 0.15) is 118 Å². The molecular formula is C30H50O5. The molecule has 0 amide bonds. The fourth-order valence-electron chi connectivity index (χ4n) is 9.71. The fourth-order valence-corrected chi connectivity index (χ4v) is 9.71. The maximum atomic E-state index is 11.9. The van der Waals surface area contributed by atoms with Crippen molar-refractivity contribution in [3.63, 3.8) is 0 Å². The van der Waals surface area contributed by atoms with Crippen LogP contribution in [0.4, 0.5) is 0 Å². The SMILES string of the molecule is C[C@H](CCCC(C)(C)O)[C@H]1CC[C@H]2[C@@H]3CC[C@H]4C[C@@H](OC(=O)CC(=O)O)CC[C@]4(C)[C@H]3CC[C@]12C. The first-order chi connectivity index (χ1) is 16.3. The number of aliphatic hydroxyl groups is 1. The van der Waals surface area contributed by atoms with Crippen molar-refractivity contribution in [3.8, 4) is 0 Å². The Morgan fingerprint density at radius 1 is 1.00 bits per heavy atom. The van der Waals surface area contributed by atoms with Crippen molar-refractivity contribution in [3.05, 3.63) is 0 Å². The molecule has 0 heterocycles. The molecule has 0 unspecified atom stereocenters. The van der Waals surface area contributed by atoms with Gasteiger partial charge in [-0.1, -0.05) is 33.6 Å². The van der Waals surface area contributed by atoms with Crippen molar-refractivity contribution in [2.75, 3.05) is 0 Å². The highest BCUT2D eigenvalue weighted by Gasteiger charge is 2.60. The van der Waals surface area contributed by atoms with E-state index < -0.39 is 24.0 Å². The predicted octanol–water partition coefficient (Wildman–Crippen LogP) is 6.61. The topological polar surface area (TPSA) is 83.8 Å². The largest absolute Gasteiger partial charge is 0.481 e. The smallest absolute Gasteiger partial charge is 0.317 e. The molecule has 0 bridgehead atoms. The van der Waals surface area contributed by atoms with Gasteiger partial charge < -0.3 is 14.9 Å². The Kier molecular flexibility index (Phi) is 7.69. The molecule has 4 saturated carbocycles. The number of carboxylic acids is 1. The molecule has 0 spiro atoms. The van der Waals surface area contributed by atoms with Crippen LogP contribution in [0.2, 0.25) is 0 Å². The number of esters is 1. The van der Waals surface area contributed by atoms with Gasteiger partial charge in [-0.2, -0.15) is 0 Å². The Bertz CT molecular complexity index is 786. The van der Waals surface area contributed by atoms with Crippen LogP contribution in [-0.4, -0.2) is 33.9 Å². The van der Waals surface area contributed by atoms with Gasteiger partial charge in [0.1, 0.15) is 12.5 Å². The van der Waals surface area contributed by atoms with Gasteiger partial charge in [-0.25, -0.2) is 0 Å². The maximum absolute atomic E-state index is 11.9. The van der Waals surface area contributed by atoms with Gasteiger partial charge >= 0.3 is 11.9 Å². The van der Waals surface area contributed by atoms with E-state index in [4.69, 9.17) is 9.84 Å². The summed E-state index contributed by atoms with van der Waals surface area (Å²) in [4.78, 5) is 22.8. The molecule has 0 aromatic rings. The molecule has 0 radical (unpaired) electrons. The van der Waals surface area contributed by atoms with Crippen LogP contribution in [0.15, 0.2) is 0 Å². The molecule has 4 aliphatic carbocycles. The van der Waals surface area contributed by atoms with Crippen LogP contribution in [0.25, 0.3) is 0 Å². The Morgan fingerprint density at radius 3 is 2.37 bits per heavy atom. The first kappa shape index (κ1) is 26.9. The zero-order chi connectivity index (χ0) is 25.6. The minimum atomic E-state index is -1.11. The van der Waals surface area contributed by atoms with Crippen LogP contribution >= 0.6 is 0 Å². The average molecular weight is 491 g/mol. The molecule has 0 saturated heterocycles. The van der Waals surface area contributed by atoms with Crippen LogP contribution in [0.3, 0.4) is 0 Å². The molecule has 4 aliphatic rings. The minimum Gasteiger partial charge on any atom is -0.481 e. The van der Waals surface area contributed by atoms with Crippen molar-refractivity contribution in [1.29, 1.82) is 0 Å². The number of carbonyl (C=O) groups excluding carboxylic acids is 1. The van der Waals surface area contributed by atoms with Crippen molar-refractivity contribution in [2.45, 2.75) is 130 Å². The number of aliphatic carboxylic acids is 1. The highest BCUT2D eigenvalue weighted by Crippen LogP contribution is 2.68. The van der Waals surface area contributed by atoms with E-state index in [0.717, 1.165) is 61.7 Å². The van der Waals surface area contributed by atoms with Crippen molar-refractivity contribution in [2.24, 2.45) is 46.3 Å². The molecule has 9 atom stereocenters. The van der Waals surface area contributed by atoms with Crippen LogP contribution in [0.5, 0.6) is 0 Å². The molecule has 0 aliphatic heterocycles. The third-order valence-corrected chi connectivity index (χ3v) is 11.4. The molecule has 4 rings (SSSR count). The number of carboxylic acid groups (broad SMARTS) is 1. The summed E-state index contributed by atoms with van der Waals surface area (Å²) >= 11 is 0. The second-order valence-electron chi connectivity index (χ2n) is 14.0. The summed E-state index contributed by atoms with van der Waals surface area (Å²) in [7, 11) is 0. The number of ether oxygens (including phenoxy) is 1. The molecule has 0 aromatic carbocycles. The van der Waals surface area contributed by atoms with Gasteiger partial charge in [-0.3, -0.25) is 9.59 Å². The maximum Gasteiger partial charge on any atom is 0.317 e. The Hall–Kier alpha value is -1.10. The van der Waals surface area contributed by atoms with E-state index in [1.165, 1.54) is 44.9 Å². The van der Waals surface area contributed by atoms with E-state index in [-0.39, 0.29) is 6.10 Å². The van der Waals surface area contributed by atoms with Gasteiger partial charge in [0.2, 0.25) is 0 Å². The quantitative estimate of drug-likeness (QED) is 0.295. The highest BCUT2D eigenvalue weighted by atomic mass is 16.5. The minimum absolute atomic E-state index is 0.106. The van der Waals surface area contributed by atoms with Crippen molar-refractivity contribution in [1.82, 2.24) is 0 Å². The summed E-state index contributed by atoms with van der Waals surface area (Å²) in [5, 5.41) is 19.0. The molecular weight excluding hydrogens is 440 g/mol. The van der Waals surface area contributed by atoms with Gasteiger partial charge in [-0.05, 0) is 124 Å². The molecule has 5 heteroatoms. The van der Waals surface area contributed by atoms with Crippen LogP contribution in [0, 0.1) is 46.3 Å². The van der Waals surface area contributed by atoms with Crippen LogP contribution < -0.4 is 0 Å². The highest BCUT2D eigenvalue weighted by molar-refractivity contribution is 5.90. The van der Waals surface area contributed by atoms with E-state index in [0.29, 0.717) is 16.7 Å². The zero-order valence-electron chi connectivity index (χ0n) is 22.9. The summed E-state index contributed by atoms with van der Waals surface area (Å²) in [6.45, 7) is 11.5. The predicted molar refractivity (Wildman–Crippen MR) is 137 cm³/mol. The van der Waals surface area contributed by atoms with E-state index in [2.05, 4.69) is 20.8 Å². The molecule has 4 fully saturated rings. The third-order valence-electron chi connectivity index (χ3n) is 11.4. The summed E-state index contributed by atoms with van der Waals surface area (Å²) < 4.78 is 5.58. The lowest BCUT2D eigenvalue weighted by molar-refractivity contribution is -0.165. The number of fused-ring (bicyclic) bond motifs is 5. The van der Waals surface area contributed by atoms with Crippen molar-refractivity contribution < 1.29 is 24.5 Å².